The van der Waals surface area contributed by atoms with Crippen LogP contribution in [0.15, 0.2) is 24.3 Å². The Morgan fingerprint density at radius 3 is 2.83 bits per heavy atom. The Morgan fingerprint density at radius 2 is 1.96 bits per heavy atom. The average Bonchev–Trinajstić information content (AvgIpc) is 3.02. The van der Waals surface area contributed by atoms with E-state index in [0.717, 1.165) is 25.9 Å². The molecule has 0 radical (unpaired) electrons. The zero-order valence-electron chi connectivity index (χ0n) is 13.0. The van der Waals surface area contributed by atoms with Crippen LogP contribution in [0, 0.1) is 11.3 Å². The Morgan fingerprint density at radius 1 is 1.17 bits per heavy atom. The molecule has 5 atom stereocenters. The number of hydrogen-bond donors (Lipinski definition) is 0. The smallest absolute Gasteiger partial charge is 0.236 e. The summed E-state index contributed by atoms with van der Waals surface area (Å²) in [6.07, 6.45) is 2.08. The molecule has 5 heteroatoms. The Balaban J connectivity index is 1.69. The number of piperidine rings is 2. The van der Waals surface area contributed by atoms with Crippen LogP contribution in [0.1, 0.15) is 31.2 Å². The number of fused-ring (bicyclic) bond motifs is 3. The largest absolute Gasteiger partial charge is 0.364 e. The second-order valence-corrected chi connectivity index (χ2v) is 9.10. The summed E-state index contributed by atoms with van der Waals surface area (Å²) in [6.45, 7) is 4.17. The molecule has 0 aliphatic carbocycles. The van der Waals surface area contributed by atoms with Crippen LogP contribution in [0.3, 0.4) is 0 Å². The summed E-state index contributed by atoms with van der Waals surface area (Å²) < 4.78 is 0. The number of para-hydroxylation sites is 1. The van der Waals surface area contributed by atoms with Crippen LogP contribution in [0.25, 0.3) is 0 Å². The van der Waals surface area contributed by atoms with Crippen molar-refractivity contribution >= 4 is 28.5 Å². The van der Waals surface area contributed by atoms with Gasteiger partial charge in [0.05, 0.1) is 6.04 Å². The van der Waals surface area contributed by atoms with Gasteiger partial charge in [-0.3, -0.25) is 9.59 Å². The van der Waals surface area contributed by atoms with Gasteiger partial charge in [-0.05, 0) is 24.5 Å². The second kappa shape index (κ2) is 3.61. The number of carbonyl (C=O) groups excluding carboxylic acids is 2. The molecule has 23 heavy (non-hydrogen) atoms. The predicted octanol–water partition coefficient (Wildman–Crippen LogP) is 2.20. The molecule has 7 rings (SSSR count). The minimum absolute atomic E-state index is 0.0514. The van der Waals surface area contributed by atoms with Gasteiger partial charge in [0.2, 0.25) is 11.0 Å². The third-order valence-corrected chi connectivity index (χ3v) is 8.86. The molecule has 0 aromatic heterocycles. The topological polar surface area (TPSA) is 40.6 Å². The van der Waals surface area contributed by atoms with E-state index in [-0.39, 0.29) is 33.3 Å². The maximum absolute atomic E-state index is 13.1. The second-order valence-electron chi connectivity index (χ2n) is 7.87. The molecule has 1 aromatic carbocycles. The van der Waals surface area contributed by atoms with Gasteiger partial charge in [-0.25, -0.2) is 0 Å². The number of anilines is 1. The van der Waals surface area contributed by atoms with Crippen LogP contribution in [0.5, 0.6) is 0 Å². The first-order chi connectivity index (χ1) is 11.1. The van der Waals surface area contributed by atoms with Crippen LogP contribution in [-0.2, 0) is 9.59 Å². The van der Waals surface area contributed by atoms with E-state index in [2.05, 4.69) is 34.9 Å². The highest BCUT2D eigenvalue weighted by Crippen LogP contribution is 2.71. The van der Waals surface area contributed by atoms with Crippen molar-refractivity contribution in [3.63, 3.8) is 0 Å². The molecular weight excluding hydrogens is 308 g/mol. The van der Waals surface area contributed by atoms with Crippen LogP contribution in [0.4, 0.5) is 5.69 Å². The molecule has 5 fully saturated rings. The summed E-state index contributed by atoms with van der Waals surface area (Å²) in [5.41, 5.74) is 2.53. The zero-order chi connectivity index (χ0) is 15.6. The summed E-state index contributed by atoms with van der Waals surface area (Å²) in [6, 6.07) is 8.70. The van der Waals surface area contributed by atoms with Crippen molar-refractivity contribution in [1.29, 1.82) is 0 Å². The van der Waals surface area contributed by atoms with Crippen molar-refractivity contribution in [3.05, 3.63) is 29.8 Å². The number of nitrogens with zero attached hydrogens (tertiary/aromatic N) is 2. The van der Waals surface area contributed by atoms with E-state index < -0.39 is 5.92 Å². The summed E-state index contributed by atoms with van der Waals surface area (Å²) in [5, 5.41) is 0.110. The fourth-order valence-corrected chi connectivity index (χ4v) is 7.95. The number of hydrogen-bond acceptors (Lipinski definition) is 4. The van der Waals surface area contributed by atoms with Gasteiger partial charge < -0.3 is 9.80 Å². The normalized spacial score (nSPS) is 45.5. The molecule has 0 saturated carbocycles. The summed E-state index contributed by atoms with van der Waals surface area (Å²) in [4.78, 5) is 30.2. The standard InChI is InChI=1S/C18H18N2O2S/c1-17-6-8-19-11-5-3-2-4-10(11)12-13-15(21)20(9-7-17)18(17,14(12)19)23-16(13)22/h2-5,12-14H,6-9H2,1H3/t12?,13-,14?,17+,18-/m1/s1. The number of thioether (sulfide) groups is 1. The minimum Gasteiger partial charge on any atom is -0.364 e. The van der Waals surface area contributed by atoms with Crippen molar-refractivity contribution in [2.45, 2.75) is 36.6 Å². The number of carbonyl (C=O) groups is 2. The highest BCUT2D eigenvalue weighted by atomic mass is 32.2. The van der Waals surface area contributed by atoms with E-state index in [0.29, 0.717) is 0 Å². The fourth-order valence-electron chi connectivity index (χ4n) is 6.14. The molecule has 1 aromatic rings. The first-order valence-corrected chi connectivity index (χ1v) is 9.30. The molecule has 118 valence electrons. The van der Waals surface area contributed by atoms with Gasteiger partial charge in [-0.2, -0.15) is 0 Å². The van der Waals surface area contributed by atoms with Crippen molar-refractivity contribution < 1.29 is 9.59 Å². The predicted molar refractivity (Wildman–Crippen MR) is 88.2 cm³/mol. The van der Waals surface area contributed by atoms with Crippen LogP contribution in [0.2, 0.25) is 0 Å². The van der Waals surface area contributed by atoms with Gasteiger partial charge in [0, 0.05) is 30.1 Å². The fraction of sp³-hybridized carbons (Fsp3) is 0.556. The lowest BCUT2D eigenvalue weighted by Gasteiger charge is -2.64. The van der Waals surface area contributed by atoms with Gasteiger partial charge in [0.25, 0.3) is 0 Å². The lowest BCUT2D eigenvalue weighted by Crippen LogP contribution is -2.76. The summed E-state index contributed by atoms with van der Waals surface area (Å²) in [7, 11) is 0. The monoisotopic (exact) mass is 326 g/mol. The van der Waals surface area contributed by atoms with Crippen molar-refractivity contribution in [1.82, 2.24) is 4.90 Å². The van der Waals surface area contributed by atoms with Crippen LogP contribution < -0.4 is 4.90 Å². The molecule has 4 nitrogen and oxygen atoms in total. The van der Waals surface area contributed by atoms with E-state index in [9.17, 15) is 9.59 Å². The molecule has 2 unspecified atom stereocenters. The number of benzene rings is 1. The van der Waals surface area contributed by atoms with Gasteiger partial charge in [0.1, 0.15) is 10.8 Å². The van der Waals surface area contributed by atoms with Gasteiger partial charge in [-0.1, -0.05) is 36.9 Å². The van der Waals surface area contributed by atoms with Crippen LogP contribution >= 0.6 is 11.8 Å². The van der Waals surface area contributed by atoms with E-state index in [1.165, 1.54) is 23.0 Å². The number of amides is 1. The van der Waals surface area contributed by atoms with Crippen molar-refractivity contribution in [2.24, 2.45) is 11.3 Å². The van der Waals surface area contributed by atoms with Gasteiger partial charge in [-0.15, -0.1) is 0 Å². The Bertz CT molecular complexity index is 795. The Kier molecular flexibility index (Phi) is 2.02. The van der Waals surface area contributed by atoms with E-state index in [1.54, 1.807) is 0 Å². The Hall–Kier alpha value is -1.49. The summed E-state index contributed by atoms with van der Waals surface area (Å²) >= 11 is 1.49. The van der Waals surface area contributed by atoms with Crippen molar-refractivity contribution in [2.75, 3.05) is 18.0 Å². The Labute approximate surface area is 139 Å². The molecule has 6 aliphatic heterocycles. The maximum Gasteiger partial charge on any atom is 0.236 e. The van der Waals surface area contributed by atoms with Crippen molar-refractivity contribution in [3.8, 4) is 0 Å². The molecule has 5 saturated heterocycles. The zero-order valence-corrected chi connectivity index (χ0v) is 13.8. The van der Waals surface area contributed by atoms with E-state index in [1.807, 2.05) is 6.07 Å². The first-order valence-electron chi connectivity index (χ1n) is 8.48. The average molecular weight is 326 g/mol. The third kappa shape index (κ3) is 1.11. The molecule has 6 aliphatic rings. The van der Waals surface area contributed by atoms with E-state index >= 15 is 0 Å². The van der Waals surface area contributed by atoms with E-state index in [4.69, 9.17) is 0 Å². The highest BCUT2D eigenvalue weighted by Gasteiger charge is 2.77. The quantitative estimate of drug-likeness (QED) is 0.686. The minimum atomic E-state index is -0.474. The lowest BCUT2D eigenvalue weighted by molar-refractivity contribution is -0.152. The maximum atomic E-state index is 13.1. The van der Waals surface area contributed by atoms with Gasteiger partial charge in [0.15, 0.2) is 0 Å². The first kappa shape index (κ1) is 12.9. The van der Waals surface area contributed by atoms with Gasteiger partial charge >= 0.3 is 0 Å². The number of rotatable bonds is 0. The summed E-state index contributed by atoms with van der Waals surface area (Å²) in [5.74, 6) is -0.322. The van der Waals surface area contributed by atoms with Crippen LogP contribution in [-0.4, -0.2) is 39.9 Å². The molecular formula is C18H18N2O2S. The lowest BCUT2D eigenvalue weighted by atomic mass is 9.65. The SMILES string of the molecule is C[C@@]12CCN3c4ccccc4C4C3[C@@]13SC(=O)[C@H]4C(=O)N3CC2. The molecule has 6 heterocycles. The molecule has 1 spiro atoms. The highest BCUT2D eigenvalue weighted by molar-refractivity contribution is 8.15. The third-order valence-electron chi connectivity index (χ3n) is 7.14. The molecule has 0 N–H and O–H groups in total. The molecule has 1 amide bonds. The molecule has 2 bridgehead atoms.